The molecule has 1 aromatic carbocycles. The number of fused-ring (bicyclic) bond motifs is 1. The Bertz CT molecular complexity index is 953. The van der Waals surface area contributed by atoms with Gasteiger partial charge in [-0.15, -0.1) is 0 Å². The maximum Gasteiger partial charge on any atom is 0.328 e. The average molecular weight is 420 g/mol. The summed E-state index contributed by atoms with van der Waals surface area (Å²) in [5.41, 5.74) is 1.76. The maximum absolute atomic E-state index is 12.1. The minimum absolute atomic E-state index is 0.0930. The van der Waals surface area contributed by atoms with Crippen LogP contribution in [0.1, 0.15) is 44.6 Å². The highest BCUT2D eigenvalue weighted by atomic mass is 32.2. The fourth-order valence-electron chi connectivity index (χ4n) is 3.30. The van der Waals surface area contributed by atoms with Gasteiger partial charge >= 0.3 is 5.97 Å². The number of amidine groups is 1. The number of rotatable bonds is 7. The molecule has 9 heteroatoms. The van der Waals surface area contributed by atoms with Crippen LogP contribution in [0.2, 0.25) is 0 Å². The minimum atomic E-state index is -3.66. The van der Waals surface area contributed by atoms with Crippen molar-refractivity contribution in [3.05, 3.63) is 41.5 Å². The second-order valence-corrected chi connectivity index (χ2v) is 8.70. The first kappa shape index (κ1) is 21.0. The van der Waals surface area contributed by atoms with Crippen molar-refractivity contribution in [2.45, 2.75) is 50.0 Å². The van der Waals surface area contributed by atoms with Crippen LogP contribution < -0.4 is 10.0 Å². The number of sulfonamides is 1. The van der Waals surface area contributed by atoms with Crippen LogP contribution in [0.5, 0.6) is 0 Å². The molecule has 0 bridgehead atoms. The molecule has 3 rings (SSSR count). The summed E-state index contributed by atoms with van der Waals surface area (Å²) in [5.74, 6) is -0.983. The van der Waals surface area contributed by atoms with Gasteiger partial charge in [-0.1, -0.05) is 23.8 Å². The first-order valence-corrected chi connectivity index (χ1v) is 11.2. The number of aliphatic imine (C=N–C) groups is 1. The fraction of sp³-hybridized carbons (Fsp3) is 0.450. The molecule has 0 spiro atoms. The second kappa shape index (κ2) is 9.21. The Kier molecular flexibility index (Phi) is 6.68. The van der Waals surface area contributed by atoms with Crippen molar-refractivity contribution in [1.29, 1.82) is 0 Å². The fourth-order valence-corrected chi connectivity index (χ4v) is 4.56. The summed E-state index contributed by atoms with van der Waals surface area (Å²) in [6, 6.07) is 6.37. The van der Waals surface area contributed by atoms with E-state index in [1.165, 1.54) is 31.4 Å². The largest absolute Gasteiger partial charge is 0.451 e. The molecule has 0 saturated heterocycles. The smallest absolute Gasteiger partial charge is 0.328 e. The van der Waals surface area contributed by atoms with E-state index >= 15 is 0 Å². The summed E-state index contributed by atoms with van der Waals surface area (Å²) < 4.78 is 31.5. The Hall–Kier alpha value is -2.68. The minimum Gasteiger partial charge on any atom is -0.451 e. The number of ether oxygens (including phenoxy) is 1. The lowest BCUT2D eigenvalue weighted by Crippen LogP contribution is -2.37. The quantitative estimate of drug-likeness (QED) is 0.515. The van der Waals surface area contributed by atoms with Gasteiger partial charge in [0.05, 0.1) is 4.90 Å². The molecule has 2 N–H and O–H groups in total. The van der Waals surface area contributed by atoms with Crippen LogP contribution in [0.15, 0.2) is 45.8 Å². The number of esters is 1. The summed E-state index contributed by atoms with van der Waals surface area (Å²) in [7, 11) is -3.66. The lowest BCUT2D eigenvalue weighted by molar-refractivity contribution is -0.153. The van der Waals surface area contributed by atoms with E-state index in [2.05, 4.69) is 21.1 Å². The van der Waals surface area contributed by atoms with Crippen molar-refractivity contribution < 1.29 is 22.7 Å². The molecule has 156 valence electrons. The number of carbonyl (C=O) groups is 2. The number of amides is 1. The third kappa shape index (κ3) is 5.44. The molecule has 0 unspecified atom stereocenters. The number of carbonyl (C=O) groups excluding carboxylic acids is 2. The summed E-state index contributed by atoms with van der Waals surface area (Å²) in [4.78, 5) is 28.2. The Morgan fingerprint density at radius 2 is 2.07 bits per heavy atom. The van der Waals surface area contributed by atoms with Gasteiger partial charge in [0.25, 0.3) is 15.9 Å². The van der Waals surface area contributed by atoms with Crippen molar-refractivity contribution in [2.75, 3.05) is 13.1 Å². The standard InChI is InChI=1S/C20H25N3O5S/c1-14(20(25)21-12-11-15-7-3-2-4-8-15)28-18(24)13-22-19-16-9-5-6-10-17(16)29(26,27)23-19/h5-7,9-10,14H,2-4,8,11-13H2,1H3,(H,21,25)(H,22,23)/t14-/m1/s1. The highest BCUT2D eigenvalue weighted by molar-refractivity contribution is 7.90. The van der Waals surface area contributed by atoms with Crippen LogP contribution in [0.4, 0.5) is 0 Å². The zero-order valence-corrected chi connectivity index (χ0v) is 17.1. The SMILES string of the molecule is C[C@@H](OC(=O)CN=C1NS(=O)(=O)c2ccccc21)C(=O)NCCC1=CCCCC1. The normalized spacial score (nSPS) is 19.6. The molecule has 2 aliphatic rings. The second-order valence-electron chi connectivity index (χ2n) is 7.05. The first-order chi connectivity index (χ1) is 13.9. The van der Waals surface area contributed by atoms with Crippen molar-refractivity contribution in [3.63, 3.8) is 0 Å². The van der Waals surface area contributed by atoms with Crippen LogP contribution in [0.25, 0.3) is 0 Å². The highest BCUT2D eigenvalue weighted by Gasteiger charge is 2.30. The van der Waals surface area contributed by atoms with Crippen LogP contribution in [0, 0.1) is 0 Å². The number of benzene rings is 1. The van der Waals surface area contributed by atoms with E-state index < -0.39 is 28.6 Å². The van der Waals surface area contributed by atoms with Crippen molar-refractivity contribution in [3.8, 4) is 0 Å². The van der Waals surface area contributed by atoms with E-state index in [4.69, 9.17) is 4.74 Å². The summed E-state index contributed by atoms with van der Waals surface area (Å²) in [5, 5.41) is 2.77. The summed E-state index contributed by atoms with van der Waals surface area (Å²) >= 11 is 0. The number of allylic oxidation sites excluding steroid dienone is 1. The van der Waals surface area contributed by atoms with Crippen LogP contribution in [-0.2, 0) is 24.3 Å². The number of nitrogens with zero attached hydrogens (tertiary/aromatic N) is 1. The lowest BCUT2D eigenvalue weighted by Gasteiger charge is -2.15. The van der Waals surface area contributed by atoms with Crippen molar-refractivity contribution in [1.82, 2.24) is 10.0 Å². The molecule has 8 nitrogen and oxygen atoms in total. The van der Waals surface area contributed by atoms with Gasteiger partial charge in [-0.05, 0) is 51.2 Å². The van der Waals surface area contributed by atoms with Crippen LogP contribution in [0.3, 0.4) is 0 Å². The summed E-state index contributed by atoms with van der Waals surface area (Å²) in [6.07, 6.45) is 6.67. The van der Waals surface area contributed by atoms with Crippen LogP contribution >= 0.6 is 0 Å². The van der Waals surface area contributed by atoms with Gasteiger partial charge < -0.3 is 10.1 Å². The number of nitrogens with one attached hydrogen (secondary N) is 2. The maximum atomic E-state index is 12.1. The Balaban J connectivity index is 1.47. The molecule has 0 saturated carbocycles. The molecule has 0 fully saturated rings. The van der Waals surface area contributed by atoms with Gasteiger partial charge in [0.15, 0.2) is 6.10 Å². The molecular weight excluding hydrogens is 394 g/mol. The Morgan fingerprint density at radius 3 is 2.83 bits per heavy atom. The summed E-state index contributed by atoms with van der Waals surface area (Å²) in [6.45, 7) is 1.61. The van der Waals surface area contributed by atoms with E-state index in [0.29, 0.717) is 12.1 Å². The van der Waals surface area contributed by atoms with Gasteiger partial charge in [0, 0.05) is 12.1 Å². The van der Waals surface area contributed by atoms with E-state index in [1.54, 1.807) is 18.2 Å². The predicted molar refractivity (Wildman–Crippen MR) is 108 cm³/mol. The Labute approximate surface area is 170 Å². The number of hydrogen-bond donors (Lipinski definition) is 2. The van der Waals surface area contributed by atoms with Gasteiger partial charge in [0.2, 0.25) is 0 Å². The molecule has 29 heavy (non-hydrogen) atoms. The van der Waals surface area contributed by atoms with E-state index in [0.717, 1.165) is 19.3 Å². The van der Waals surface area contributed by atoms with Crippen molar-refractivity contribution >= 4 is 27.7 Å². The topological polar surface area (TPSA) is 114 Å². The predicted octanol–water partition coefficient (Wildman–Crippen LogP) is 1.66. The van der Waals surface area contributed by atoms with Gasteiger partial charge in [-0.2, -0.15) is 0 Å². The highest BCUT2D eigenvalue weighted by Crippen LogP contribution is 2.22. The van der Waals surface area contributed by atoms with E-state index in [-0.39, 0.29) is 16.6 Å². The number of hydrogen-bond acceptors (Lipinski definition) is 6. The van der Waals surface area contributed by atoms with Gasteiger partial charge in [0.1, 0.15) is 12.4 Å². The molecule has 1 aromatic rings. The monoisotopic (exact) mass is 419 g/mol. The lowest BCUT2D eigenvalue weighted by atomic mass is 9.97. The molecule has 1 heterocycles. The molecule has 0 radical (unpaired) electrons. The molecule has 1 amide bonds. The van der Waals surface area contributed by atoms with E-state index in [9.17, 15) is 18.0 Å². The molecule has 0 aromatic heterocycles. The zero-order chi connectivity index (χ0) is 20.9. The molecule has 1 atom stereocenters. The average Bonchev–Trinajstić information content (AvgIpc) is 2.98. The molecule has 1 aliphatic carbocycles. The Morgan fingerprint density at radius 1 is 1.28 bits per heavy atom. The van der Waals surface area contributed by atoms with Crippen LogP contribution in [-0.4, -0.2) is 45.3 Å². The zero-order valence-electron chi connectivity index (χ0n) is 16.3. The first-order valence-electron chi connectivity index (χ1n) is 9.68. The molecular formula is C20H25N3O5S. The van der Waals surface area contributed by atoms with Gasteiger partial charge in [-0.25, -0.2) is 8.42 Å². The van der Waals surface area contributed by atoms with Gasteiger partial charge in [-0.3, -0.25) is 19.3 Å². The van der Waals surface area contributed by atoms with E-state index in [1.807, 2.05) is 0 Å². The van der Waals surface area contributed by atoms with Crippen molar-refractivity contribution in [2.24, 2.45) is 4.99 Å². The molecule has 1 aliphatic heterocycles. The third-order valence-corrected chi connectivity index (χ3v) is 6.23. The third-order valence-electron chi connectivity index (χ3n) is 4.84.